The first-order valence-corrected chi connectivity index (χ1v) is 2.35. The van der Waals surface area contributed by atoms with Crippen LogP contribution in [0.1, 0.15) is 9.99 Å². The molecule has 0 aliphatic heterocycles. The van der Waals surface area contributed by atoms with Gasteiger partial charge in [-0.1, -0.05) is 0 Å². The number of hydrogen-bond acceptors (Lipinski definition) is 1. The largest absolute Gasteiger partial charge is 1.00 e. The van der Waals surface area contributed by atoms with Gasteiger partial charge in [0, 0.05) is 1.43 Å². The molecule has 0 rings (SSSR count). The third kappa shape index (κ3) is 79.5. The molecule has 0 radical (unpaired) electrons. The SMILES string of the molecule is Cl.O=P(O)(O)O.[H-].[H-].[H-].[H-].[H-].[H-].[HH].[K+].[K+].[K+].[Na+].[Na+].[Na+]. The topological polar surface area (TPSA) is 77.8 Å². The van der Waals surface area contributed by atoms with Gasteiger partial charge in [0.15, 0.2) is 0 Å². The second-order valence-corrected chi connectivity index (χ2v) is 1.54. The fourth-order valence-corrected chi connectivity index (χ4v) is 0. The van der Waals surface area contributed by atoms with Crippen LogP contribution in [-0.2, 0) is 4.57 Å². The molecule has 4 nitrogen and oxygen atoms in total. The van der Waals surface area contributed by atoms with Gasteiger partial charge in [0.2, 0.25) is 0 Å². The summed E-state index contributed by atoms with van der Waals surface area (Å²) in [7, 11) is -4.64. The maximum Gasteiger partial charge on any atom is 1.00 e. The minimum atomic E-state index is -4.64. The molecule has 0 amide bonds. The Kier molecular flexibility index (Phi) is 132. The predicted octanol–water partition coefficient (Wildman–Crippen LogP) is -17.6. The van der Waals surface area contributed by atoms with Crippen molar-refractivity contribution < 1.29 is 272 Å². The van der Waals surface area contributed by atoms with Crippen LogP contribution >= 0.6 is 20.2 Å². The average Bonchev–Trinajstić information content (AvgIpc) is 0.722. The van der Waals surface area contributed by atoms with E-state index in [4.69, 9.17) is 19.2 Å². The van der Waals surface area contributed by atoms with Gasteiger partial charge in [0.05, 0.1) is 0 Å². The van der Waals surface area contributed by atoms with E-state index in [1.807, 2.05) is 0 Å². The number of halogens is 1. The van der Waals surface area contributed by atoms with Gasteiger partial charge in [0.1, 0.15) is 0 Å². The Morgan fingerprint density at radius 2 is 0.917 bits per heavy atom. The maximum atomic E-state index is 8.88. The Morgan fingerprint density at radius 3 is 0.917 bits per heavy atom. The molecule has 0 aromatic rings. The van der Waals surface area contributed by atoms with Crippen LogP contribution in [0.3, 0.4) is 0 Å². The maximum absolute atomic E-state index is 8.88. The van der Waals surface area contributed by atoms with Crippen LogP contribution in [0.4, 0.5) is 0 Å². The summed E-state index contributed by atoms with van der Waals surface area (Å²) in [5.74, 6) is 0. The summed E-state index contributed by atoms with van der Waals surface area (Å²) in [6, 6.07) is 0. The van der Waals surface area contributed by atoms with E-state index in [2.05, 4.69) is 0 Å². The molecule has 0 aliphatic rings. The summed E-state index contributed by atoms with van der Waals surface area (Å²) in [6.45, 7) is 0. The van der Waals surface area contributed by atoms with Crippen molar-refractivity contribution in [1.82, 2.24) is 0 Å². The molecule has 0 spiro atoms. The molecule has 0 aromatic heterocycles. The van der Waals surface area contributed by atoms with E-state index < -0.39 is 7.82 Å². The quantitative estimate of drug-likeness (QED) is 0.305. The zero-order valence-corrected chi connectivity index (χ0v) is 25.7. The molecule has 3 N–H and O–H groups in total. The van der Waals surface area contributed by atoms with Crippen molar-refractivity contribution >= 4 is 20.2 Å². The zero-order chi connectivity index (χ0) is 4.50. The Hall–Kier alpha value is 8.31. The van der Waals surface area contributed by atoms with E-state index in [0.29, 0.717) is 0 Å². The van der Waals surface area contributed by atoms with Gasteiger partial charge in [0.25, 0.3) is 0 Å². The van der Waals surface area contributed by atoms with Crippen molar-refractivity contribution in [2.24, 2.45) is 0 Å². The third-order valence-electron chi connectivity index (χ3n) is 0. The molecule has 0 aliphatic carbocycles. The van der Waals surface area contributed by atoms with Crippen molar-refractivity contribution in [2.45, 2.75) is 0 Å². The molecule has 0 fully saturated rings. The summed E-state index contributed by atoms with van der Waals surface area (Å²) < 4.78 is 8.88. The molecular formula is H12ClK3Na3O4P. The summed E-state index contributed by atoms with van der Waals surface area (Å²) >= 11 is 0. The Bertz CT molecular complexity index is 89.7. The molecule has 0 aromatic carbocycles. The first-order valence-electron chi connectivity index (χ1n) is 0.783. The second-order valence-electron chi connectivity index (χ2n) is 0.513. The number of hydrogen-bond donors (Lipinski definition) is 3. The Morgan fingerprint density at radius 1 is 0.917 bits per heavy atom. The molecule has 0 atom stereocenters. The minimum absolute atomic E-state index is 0. The van der Waals surface area contributed by atoms with Crippen molar-refractivity contribution in [1.29, 1.82) is 0 Å². The van der Waals surface area contributed by atoms with Crippen LogP contribution in [-0.4, -0.2) is 14.7 Å². The van der Waals surface area contributed by atoms with Gasteiger partial charge in [-0.05, 0) is 0 Å². The molecule has 0 unspecified atom stereocenters. The molecule has 12 heavy (non-hydrogen) atoms. The van der Waals surface area contributed by atoms with Crippen LogP contribution < -0.4 is 243 Å². The van der Waals surface area contributed by atoms with Crippen molar-refractivity contribution in [3.05, 3.63) is 0 Å². The number of phosphoric acid groups is 1. The standard InChI is InChI=1S/ClH.3K.3Na.H3O4P.H2.6H/c;;;;;;;1-5(2,3)4;;;;;;;/h1H;;;;;;;(H3,1,2,3,4);1H;;;;;;/q;6*+1;;;6*-1. The van der Waals surface area contributed by atoms with E-state index in [1.54, 1.807) is 0 Å². The molecule has 12 heteroatoms. The van der Waals surface area contributed by atoms with Gasteiger partial charge >= 0.3 is 251 Å². The van der Waals surface area contributed by atoms with Gasteiger partial charge < -0.3 is 23.2 Å². The predicted molar refractivity (Wildman–Crippen MR) is 30.3 cm³/mol. The van der Waals surface area contributed by atoms with Crippen molar-refractivity contribution in [2.75, 3.05) is 0 Å². The molecule has 0 bridgehead atoms. The third-order valence-corrected chi connectivity index (χ3v) is 0. The first kappa shape index (κ1) is 50.0. The van der Waals surface area contributed by atoms with Gasteiger partial charge in [-0.3, -0.25) is 0 Å². The Balaban J connectivity index is -0.000000000879. The normalized spacial score (nSPS) is 4.92. The number of rotatable bonds is 0. The van der Waals surface area contributed by atoms with E-state index in [0.717, 1.165) is 0 Å². The zero-order valence-electron chi connectivity index (χ0n) is 14.6. The van der Waals surface area contributed by atoms with Gasteiger partial charge in [-0.25, -0.2) is 4.57 Å². The fraction of sp³-hybridized carbons (Fsp3) is 0. The van der Waals surface area contributed by atoms with Crippen molar-refractivity contribution in [3.8, 4) is 0 Å². The summed E-state index contributed by atoms with van der Waals surface area (Å²) in [5, 5.41) is 0. The monoisotopic (exact) mass is 328 g/mol. The van der Waals surface area contributed by atoms with Crippen LogP contribution in [0.2, 0.25) is 0 Å². The fourth-order valence-electron chi connectivity index (χ4n) is 0. The van der Waals surface area contributed by atoms with E-state index in [9.17, 15) is 0 Å². The van der Waals surface area contributed by atoms with Crippen LogP contribution in [0, 0.1) is 0 Å². The molecule has 54 valence electrons. The molecule has 0 saturated carbocycles. The summed E-state index contributed by atoms with van der Waals surface area (Å²) in [6.07, 6.45) is 0. The molecule has 0 heterocycles. The van der Waals surface area contributed by atoms with E-state index in [1.165, 1.54) is 0 Å². The van der Waals surface area contributed by atoms with Gasteiger partial charge in [-0.15, -0.1) is 12.4 Å². The molecular weight excluding hydrogens is 317 g/mol. The molecule has 0 saturated heterocycles. The summed E-state index contributed by atoms with van der Waals surface area (Å²) in [4.78, 5) is 21.6. The Labute approximate surface area is 283 Å². The van der Waals surface area contributed by atoms with E-state index >= 15 is 0 Å². The second kappa shape index (κ2) is 31.6. The van der Waals surface area contributed by atoms with Crippen LogP contribution in [0.25, 0.3) is 0 Å². The first-order chi connectivity index (χ1) is 2.00. The smallest absolute Gasteiger partial charge is 1.00 e. The van der Waals surface area contributed by atoms with Gasteiger partial charge in [-0.2, -0.15) is 0 Å². The van der Waals surface area contributed by atoms with Crippen molar-refractivity contribution in [3.63, 3.8) is 0 Å². The average molecular weight is 329 g/mol. The van der Waals surface area contributed by atoms with Crippen LogP contribution in [0.15, 0.2) is 0 Å². The summed E-state index contributed by atoms with van der Waals surface area (Å²) in [5.41, 5.74) is 0. The minimum Gasteiger partial charge on any atom is -1.00 e. The van der Waals surface area contributed by atoms with Crippen LogP contribution in [0.5, 0.6) is 0 Å². The van der Waals surface area contributed by atoms with E-state index in [-0.39, 0.29) is 265 Å².